The van der Waals surface area contributed by atoms with E-state index in [1.807, 2.05) is 12.1 Å². The van der Waals surface area contributed by atoms with Crippen LogP contribution in [-0.2, 0) is 32.1 Å². The Labute approximate surface area is 239 Å². The Morgan fingerprint density at radius 3 is 2.31 bits per heavy atom. The van der Waals surface area contributed by atoms with Gasteiger partial charge < -0.3 is 19.1 Å². The molecule has 2 fully saturated rings. The van der Waals surface area contributed by atoms with Gasteiger partial charge in [0, 0.05) is 35.1 Å². The van der Waals surface area contributed by atoms with Gasteiger partial charge in [-0.1, -0.05) is 41.4 Å². The zero-order chi connectivity index (χ0) is 28.4. The molecule has 8 nitrogen and oxygen atoms in total. The third-order valence-electron chi connectivity index (χ3n) is 7.17. The fourth-order valence-electron chi connectivity index (χ4n) is 5.25. The lowest BCUT2D eigenvalue weighted by atomic mass is 9.94. The zero-order valence-electron chi connectivity index (χ0n) is 22.7. The molecule has 0 unspecified atom stereocenters. The van der Waals surface area contributed by atoms with Gasteiger partial charge in [-0.2, -0.15) is 0 Å². The lowest BCUT2D eigenvalue weighted by molar-refractivity contribution is -0.153. The van der Waals surface area contributed by atoms with Gasteiger partial charge in [0.15, 0.2) is 0 Å². The number of hydrogen-bond donors (Lipinski definition) is 0. The molecule has 0 bridgehead atoms. The van der Waals surface area contributed by atoms with Crippen LogP contribution in [0.15, 0.2) is 42.5 Å². The van der Waals surface area contributed by atoms with E-state index in [0.717, 1.165) is 5.56 Å². The molecule has 39 heavy (non-hydrogen) atoms. The van der Waals surface area contributed by atoms with Crippen molar-refractivity contribution in [1.29, 1.82) is 0 Å². The standard InChI is InChI=1S/C29H34Cl2N2O6/c1-28(2,3)39-27(36)33-15-6-13-29(33)14-16-32(26(29)35)24(25(34)37-4)17-19-9-11-20(12-10-19)38-18-21-22(30)7-5-8-23(21)31/h5,7-12,24H,6,13-18H2,1-4H3/t24-,29-/m1/s1. The van der Waals surface area contributed by atoms with Crippen molar-refractivity contribution in [3.63, 3.8) is 0 Å². The molecular weight excluding hydrogens is 543 g/mol. The van der Waals surface area contributed by atoms with Crippen LogP contribution in [0.25, 0.3) is 0 Å². The van der Waals surface area contributed by atoms with Gasteiger partial charge in [-0.3, -0.25) is 9.69 Å². The summed E-state index contributed by atoms with van der Waals surface area (Å²) >= 11 is 12.5. The maximum absolute atomic E-state index is 13.8. The Morgan fingerprint density at radius 2 is 1.69 bits per heavy atom. The van der Waals surface area contributed by atoms with E-state index < -0.39 is 29.2 Å². The second-order valence-corrected chi connectivity index (χ2v) is 11.7. The van der Waals surface area contributed by atoms with Gasteiger partial charge in [-0.05, 0) is 69.9 Å². The second kappa shape index (κ2) is 11.6. The maximum Gasteiger partial charge on any atom is 0.411 e. The van der Waals surface area contributed by atoms with Crippen LogP contribution in [0.2, 0.25) is 10.0 Å². The fraction of sp³-hybridized carbons (Fsp3) is 0.483. The molecule has 2 aliphatic rings. The van der Waals surface area contributed by atoms with Crippen molar-refractivity contribution in [1.82, 2.24) is 9.80 Å². The number of amides is 2. The number of ether oxygens (including phenoxy) is 3. The van der Waals surface area contributed by atoms with Crippen molar-refractivity contribution in [2.75, 3.05) is 20.2 Å². The molecule has 2 heterocycles. The minimum absolute atomic E-state index is 0.209. The molecule has 0 saturated carbocycles. The van der Waals surface area contributed by atoms with E-state index in [1.54, 1.807) is 60.9 Å². The highest BCUT2D eigenvalue weighted by Gasteiger charge is 2.57. The van der Waals surface area contributed by atoms with Crippen LogP contribution in [0.1, 0.15) is 51.2 Å². The average molecular weight is 578 g/mol. The van der Waals surface area contributed by atoms with E-state index in [-0.39, 0.29) is 18.9 Å². The first kappa shape index (κ1) is 29.0. The smallest absolute Gasteiger partial charge is 0.411 e. The monoisotopic (exact) mass is 576 g/mol. The van der Waals surface area contributed by atoms with Crippen molar-refractivity contribution >= 4 is 41.2 Å². The normalized spacial score (nSPS) is 19.9. The Bertz CT molecular complexity index is 1210. The van der Waals surface area contributed by atoms with Crippen molar-refractivity contribution in [2.45, 2.75) is 70.2 Å². The summed E-state index contributed by atoms with van der Waals surface area (Å²) in [5.41, 5.74) is -0.138. The molecule has 2 saturated heterocycles. The summed E-state index contributed by atoms with van der Waals surface area (Å²) in [4.78, 5) is 42.7. The first-order chi connectivity index (χ1) is 18.4. The molecule has 0 radical (unpaired) electrons. The van der Waals surface area contributed by atoms with Gasteiger partial charge in [0.2, 0.25) is 5.91 Å². The van der Waals surface area contributed by atoms with Crippen LogP contribution in [0.4, 0.5) is 4.79 Å². The molecule has 2 aromatic carbocycles. The molecule has 2 atom stereocenters. The lowest BCUT2D eigenvalue weighted by Crippen LogP contribution is -2.56. The Hall–Kier alpha value is -2.97. The molecule has 2 aliphatic heterocycles. The predicted octanol–water partition coefficient (Wildman–Crippen LogP) is 5.66. The van der Waals surface area contributed by atoms with Crippen molar-refractivity contribution < 1.29 is 28.6 Å². The molecule has 1 spiro atoms. The first-order valence-corrected chi connectivity index (χ1v) is 13.7. The minimum atomic E-state index is -0.994. The van der Waals surface area contributed by atoms with Crippen molar-refractivity contribution in [3.8, 4) is 5.75 Å². The van der Waals surface area contributed by atoms with E-state index in [2.05, 4.69) is 0 Å². The Balaban J connectivity index is 1.47. The number of nitrogens with zero attached hydrogens (tertiary/aromatic N) is 2. The quantitative estimate of drug-likeness (QED) is 0.395. The van der Waals surface area contributed by atoms with Crippen LogP contribution in [0.3, 0.4) is 0 Å². The number of hydrogen-bond acceptors (Lipinski definition) is 6. The summed E-state index contributed by atoms with van der Waals surface area (Å²) in [6.07, 6.45) is 1.44. The third-order valence-corrected chi connectivity index (χ3v) is 7.88. The second-order valence-electron chi connectivity index (χ2n) is 10.9. The number of halogens is 2. The lowest BCUT2D eigenvalue weighted by Gasteiger charge is -2.35. The molecule has 2 amide bonds. The first-order valence-electron chi connectivity index (χ1n) is 13.0. The van der Waals surface area contributed by atoms with Crippen LogP contribution in [-0.4, -0.2) is 65.2 Å². The SMILES string of the molecule is COC(=O)[C@@H](Cc1ccc(OCc2c(Cl)cccc2Cl)cc1)N1CC[C@]2(CCCN2C(=O)OC(C)(C)C)C1=O. The molecule has 210 valence electrons. The molecule has 0 aromatic heterocycles. The number of carbonyl (C=O) groups is 3. The Kier molecular flexibility index (Phi) is 8.66. The fourth-order valence-corrected chi connectivity index (χ4v) is 5.76. The molecular formula is C29H34Cl2N2O6. The van der Waals surface area contributed by atoms with E-state index in [4.69, 9.17) is 37.4 Å². The topological polar surface area (TPSA) is 85.4 Å². The van der Waals surface area contributed by atoms with Gasteiger partial charge in [0.25, 0.3) is 0 Å². The van der Waals surface area contributed by atoms with Crippen molar-refractivity contribution in [3.05, 3.63) is 63.6 Å². The van der Waals surface area contributed by atoms with E-state index in [9.17, 15) is 14.4 Å². The molecule has 0 N–H and O–H groups in total. The maximum atomic E-state index is 13.8. The molecule has 10 heteroatoms. The number of carbonyl (C=O) groups excluding carboxylic acids is 3. The summed E-state index contributed by atoms with van der Waals surface area (Å²) in [5, 5.41) is 1.06. The number of esters is 1. The van der Waals surface area contributed by atoms with E-state index in [1.165, 1.54) is 7.11 Å². The largest absolute Gasteiger partial charge is 0.489 e. The number of benzene rings is 2. The minimum Gasteiger partial charge on any atom is -0.489 e. The van der Waals surface area contributed by atoms with Gasteiger partial charge >= 0.3 is 12.1 Å². The van der Waals surface area contributed by atoms with E-state index >= 15 is 0 Å². The van der Waals surface area contributed by atoms with Crippen LogP contribution < -0.4 is 4.74 Å². The number of rotatable bonds is 7. The summed E-state index contributed by atoms with van der Waals surface area (Å²) in [7, 11) is 1.31. The predicted molar refractivity (Wildman–Crippen MR) is 148 cm³/mol. The van der Waals surface area contributed by atoms with Crippen LogP contribution in [0.5, 0.6) is 5.75 Å². The van der Waals surface area contributed by atoms with Crippen LogP contribution in [0, 0.1) is 0 Å². The number of methoxy groups -OCH3 is 1. The highest BCUT2D eigenvalue weighted by molar-refractivity contribution is 6.35. The number of likely N-dealkylation sites (tertiary alicyclic amines) is 2. The summed E-state index contributed by atoms with van der Waals surface area (Å²) < 4.78 is 16.5. The average Bonchev–Trinajstić information content (AvgIpc) is 3.46. The van der Waals surface area contributed by atoms with E-state index in [0.29, 0.717) is 53.7 Å². The molecule has 0 aliphatic carbocycles. The highest BCUT2D eigenvalue weighted by Crippen LogP contribution is 2.41. The molecule has 4 rings (SSSR count). The van der Waals surface area contributed by atoms with Crippen LogP contribution >= 0.6 is 23.2 Å². The van der Waals surface area contributed by atoms with Gasteiger partial charge in [-0.15, -0.1) is 0 Å². The zero-order valence-corrected chi connectivity index (χ0v) is 24.2. The Morgan fingerprint density at radius 1 is 1.03 bits per heavy atom. The summed E-state index contributed by atoms with van der Waals surface area (Å²) in [5.74, 6) is -0.131. The van der Waals surface area contributed by atoms with Gasteiger partial charge in [0.1, 0.15) is 29.5 Å². The van der Waals surface area contributed by atoms with Crippen molar-refractivity contribution in [2.24, 2.45) is 0 Å². The third kappa shape index (κ3) is 6.28. The van der Waals surface area contributed by atoms with Gasteiger partial charge in [-0.25, -0.2) is 9.59 Å². The summed E-state index contributed by atoms with van der Waals surface area (Å²) in [6, 6.07) is 11.7. The molecule has 2 aromatic rings. The summed E-state index contributed by atoms with van der Waals surface area (Å²) in [6.45, 7) is 6.39. The van der Waals surface area contributed by atoms with Gasteiger partial charge in [0.05, 0.1) is 7.11 Å². The highest BCUT2D eigenvalue weighted by atomic mass is 35.5.